The Morgan fingerprint density at radius 2 is 1.75 bits per heavy atom. The Kier molecular flexibility index (Phi) is 7.31. The van der Waals surface area contributed by atoms with E-state index in [1.54, 1.807) is 45.0 Å². The Hall–Kier alpha value is -2.71. The van der Waals surface area contributed by atoms with Crippen molar-refractivity contribution in [2.75, 3.05) is 11.9 Å². The van der Waals surface area contributed by atoms with Gasteiger partial charge in [0.25, 0.3) is 0 Å². The molecule has 0 aliphatic carbocycles. The van der Waals surface area contributed by atoms with Crippen molar-refractivity contribution >= 4 is 27.6 Å². The number of carbonyl (C=O) groups is 2. The molecule has 0 aliphatic rings. The fourth-order valence-corrected chi connectivity index (χ4v) is 3.31. The van der Waals surface area contributed by atoms with E-state index in [4.69, 9.17) is 4.74 Å². The Balaban J connectivity index is 2.05. The summed E-state index contributed by atoms with van der Waals surface area (Å²) in [5, 5.41) is 2.78. The summed E-state index contributed by atoms with van der Waals surface area (Å²) < 4.78 is 32.3. The highest BCUT2D eigenvalue weighted by atomic mass is 32.2. The maximum absolute atomic E-state index is 12.5. The van der Waals surface area contributed by atoms with E-state index in [1.165, 1.54) is 24.3 Å². The molecule has 2 aromatic carbocycles. The molecule has 28 heavy (non-hydrogen) atoms. The fourth-order valence-electron chi connectivity index (χ4n) is 2.29. The van der Waals surface area contributed by atoms with Gasteiger partial charge in [0, 0.05) is 18.2 Å². The predicted octanol–water partition coefficient (Wildman–Crippen LogP) is 2.94. The molecule has 0 saturated carbocycles. The van der Waals surface area contributed by atoms with Crippen LogP contribution in [0.1, 0.15) is 36.7 Å². The number of hydrogen-bond acceptors (Lipinski definition) is 5. The second-order valence-electron chi connectivity index (χ2n) is 6.41. The summed E-state index contributed by atoms with van der Waals surface area (Å²) >= 11 is 0. The largest absolute Gasteiger partial charge is 0.462 e. The lowest BCUT2D eigenvalue weighted by Crippen LogP contribution is -2.23. The molecular weight excluding hydrogens is 380 g/mol. The first kappa shape index (κ1) is 21.6. The monoisotopic (exact) mass is 404 g/mol. The van der Waals surface area contributed by atoms with Gasteiger partial charge in [-0.25, -0.2) is 17.9 Å². The van der Waals surface area contributed by atoms with Gasteiger partial charge in [-0.15, -0.1) is 0 Å². The van der Waals surface area contributed by atoms with Crippen LogP contribution in [0.4, 0.5) is 5.69 Å². The van der Waals surface area contributed by atoms with Gasteiger partial charge in [-0.05, 0) is 48.9 Å². The lowest BCUT2D eigenvalue weighted by atomic mass is 10.1. The molecule has 0 aliphatic heterocycles. The van der Waals surface area contributed by atoms with Gasteiger partial charge in [0.05, 0.1) is 17.1 Å². The standard InChI is InChI=1S/C20H24N2O5S/c1-4-27-20(24)16-8-10-18(11-9-16)28(25,26)21-13-15-6-5-7-17(12-15)22-19(23)14(2)3/h5-12,14,21H,4,13H2,1-3H3,(H,22,23). The summed E-state index contributed by atoms with van der Waals surface area (Å²) in [7, 11) is -3.75. The van der Waals surface area contributed by atoms with E-state index < -0.39 is 16.0 Å². The number of esters is 1. The van der Waals surface area contributed by atoms with E-state index in [1.807, 2.05) is 0 Å². The van der Waals surface area contributed by atoms with E-state index in [0.29, 0.717) is 11.3 Å². The average Bonchev–Trinajstić information content (AvgIpc) is 2.67. The molecule has 0 unspecified atom stereocenters. The van der Waals surface area contributed by atoms with Gasteiger partial charge in [-0.3, -0.25) is 4.79 Å². The normalized spacial score (nSPS) is 11.3. The van der Waals surface area contributed by atoms with Crippen molar-refractivity contribution < 1.29 is 22.7 Å². The highest BCUT2D eigenvalue weighted by molar-refractivity contribution is 7.89. The van der Waals surface area contributed by atoms with E-state index in [2.05, 4.69) is 10.0 Å². The van der Waals surface area contributed by atoms with Crippen LogP contribution in [0, 0.1) is 5.92 Å². The highest BCUT2D eigenvalue weighted by Crippen LogP contribution is 2.15. The molecule has 0 heterocycles. The maximum Gasteiger partial charge on any atom is 0.338 e. The molecule has 0 spiro atoms. The fraction of sp³-hybridized carbons (Fsp3) is 0.300. The summed E-state index contributed by atoms with van der Waals surface area (Å²) in [6.07, 6.45) is 0. The molecule has 0 atom stereocenters. The molecule has 0 radical (unpaired) electrons. The van der Waals surface area contributed by atoms with Crippen LogP contribution >= 0.6 is 0 Å². The second kappa shape index (κ2) is 9.48. The number of ether oxygens (including phenoxy) is 1. The molecule has 0 saturated heterocycles. The van der Waals surface area contributed by atoms with Crippen molar-refractivity contribution in [1.29, 1.82) is 0 Å². The zero-order valence-corrected chi connectivity index (χ0v) is 16.9. The molecule has 1 amide bonds. The van der Waals surface area contributed by atoms with Gasteiger partial charge in [0.2, 0.25) is 15.9 Å². The number of benzene rings is 2. The van der Waals surface area contributed by atoms with Crippen LogP contribution in [0.15, 0.2) is 53.4 Å². The molecule has 0 bridgehead atoms. The zero-order chi connectivity index (χ0) is 20.7. The summed E-state index contributed by atoms with van der Waals surface area (Å²) in [6, 6.07) is 12.5. The van der Waals surface area contributed by atoms with Gasteiger partial charge in [-0.1, -0.05) is 26.0 Å². The van der Waals surface area contributed by atoms with Gasteiger partial charge in [0.1, 0.15) is 0 Å². The number of nitrogens with one attached hydrogen (secondary N) is 2. The predicted molar refractivity (Wildman–Crippen MR) is 106 cm³/mol. The molecule has 0 aromatic heterocycles. The Labute approximate surface area is 165 Å². The number of rotatable bonds is 8. The lowest BCUT2D eigenvalue weighted by molar-refractivity contribution is -0.118. The molecule has 7 nitrogen and oxygen atoms in total. The average molecular weight is 404 g/mol. The first-order valence-electron chi connectivity index (χ1n) is 8.89. The van der Waals surface area contributed by atoms with Crippen LogP contribution in [-0.4, -0.2) is 26.9 Å². The van der Waals surface area contributed by atoms with Crippen LogP contribution in [-0.2, 0) is 26.1 Å². The first-order chi connectivity index (χ1) is 13.2. The van der Waals surface area contributed by atoms with E-state index >= 15 is 0 Å². The summed E-state index contributed by atoms with van der Waals surface area (Å²) in [5.74, 6) is -0.765. The van der Waals surface area contributed by atoms with E-state index in [0.717, 1.165) is 0 Å². The molecular formula is C20H24N2O5S. The van der Waals surface area contributed by atoms with Crippen molar-refractivity contribution in [3.63, 3.8) is 0 Å². The number of carbonyl (C=O) groups excluding carboxylic acids is 2. The quantitative estimate of drug-likeness (QED) is 0.659. The van der Waals surface area contributed by atoms with E-state index in [9.17, 15) is 18.0 Å². The number of amides is 1. The topological polar surface area (TPSA) is 102 Å². The van der Waals surface area contributed by atoms with Crippen LogP contribution in [0.25, 0.3) is 0 Å². The Bertz CT molecular complexity index is 937. The number of sulfonamides is 1. The molecule has 2 rings (SSSR count). The zero-order valence-electron chi connectivity index (χ0n) is 16.1. The van der Waals surface area contributed by atoms with Crippen molar-refractivity contribution in [1.82, 2.24) is 4.72 Å². The van der Waals surface area contributed by atoms with Crippen LogP contribution in [0.5, 0.6) is 0 Å². The summed E-state index contributed by atoms with van der Waals surface area (Å²) in [6.45, 7) is 5.59. The SMILES string of the molecule is CCOC(=O)c1ccc(S(=O)(=O)NCc2cccc(NC(=O)C(C)C)c2)cc1. The molecule has 0 fully saturated rings. The second-order valence-corrected chi connectivity index (χ2v) is 8.18. The van der Waals surface area contributed by atoms with Gasteiger partial charge in [-0.2, -0.15) is 0 Å². The van der Waals surface area contributed by atoms with E-state index in [-0.39, 0.29) is 35.4 Å². The van der Waals surface area contributed by atoms with Gasteiger partial charge < -0.3 is 10.1 Å². The third kappa shape index (κ3) is 5.90. The number of anilines is 1. The summed E-state index contributed by atoms with van der Waals surface area (Å²) in [4.78, 5) is 23.5. The van der Waals surface area contributed by atoms with Crippen molar-refractivity contribution in [3.8, 4) is 0 Å². The van der Waals surface area contributed by atoms with Gasteiger partial charge in [0.15, 0.2) is 0 Å². The highest BCUT2D eigenvalue weighted by Gasteiger charge is 2.15. The number of hydrogen-bond donors (Lipinski definition) is 2. The molecule has 2 aromatic rings. The molecule has 150 valence electrons. The maximum atomic E-state index is 12.5. The van der Waals surface area contributed by atoms with Crippen LogP contribution in [0.3, 0.4) is 0 Å². The van der Waals surface area contributed by atoms with Crippen molar-refractivity contribution in [2.24, 2.45) is 5.92 Å². The smallest absolute Gasteiger partial charge is 0.338 e. The van der Waals surface area contributed by atoms with Crippen molar-refractivity contribution in [3.05, 3.63) is 59.7 Å². The van der Waals surface area contributed by atoms with Gasteiger partial charge >= 0.3 is 5.97 Å². The minimum absolute atomic E-state index is 0.0461. The third-order valence-electron chi connectivity index (χ3n) is 3.86. The van der Waals surface area contributed by atoms with Crippen molar-refractivity contribution in [2.45, 2.75) is 32.2 Å². The minimum atomic E-state index is -3.75. The Morgan fingerprint density at radius 1 is 1.07 bits per heavy atom. The third-order valence-corrected chi connectivity index (χ3v) is 5.28. The molecule has 8 heteroatoms. The van der Waals surface area contributed by atoms with Crippen LogP contribution in [0.2, 0.25) is 0 Å². The first-order valence-corrected chi connectivity index (χ1v) is 10.4. The minimum Gasteiger partial charge on any atom is -0.462 e. The lowest BCUT2D eigenvalue weighted by Gasteiger charge is -2.11. The summed E-state index contributed by atoms with van der Waals surface area (Å²) in [5.41, 5.74) is 1.59. The Morgan fingerprint density at radius 3 is 2.36 bits per heavy atom. The van der Waals surface area contributed by atoms with Crippen LogP contribution < -0.4 is 10.0 Å². The molecule has 2 N–H and O–H groups in total.